The standard InChI is InChI=1S/C20H19ClN6.C20H18ClN5O3S/c1-22-9-6-13-4-5-18(16(21)11-13)27-20-24-10-7-17(26-20)15-12-25-19-14(15)3-2-8-23-19;1-30(27,28)29-10-7-13-4-5-18(16(21)11-13)26-20-23-9-6-17(25-20)15-12-24-19-14(15)3-2-8-22-19/h2-5,7-8,10-12,22H,6,9H2,1H3,(H,23,25)(H,24,26,27);2-6,8-9,11-12H,7,10H2,1H3,(H,22,24)(H,23,25,26). The van der Waals surface area contributed by atoms with Gasteiger partial charge in [-0.2, -0.15) is 8.42 Å². The van der Waals surface area contributed by atoms with Crippen molar-refractivity contribution >= 4 is 78.7 Å². The van der Waals surface area contributed by atoms with E-state index in [1.807, 2.05) is 74.0 Å². The Labute approximate surface area is 338 Å². The Hall–Kier alpha value is -5.97. The minimum absolute atomic E-state index is 0.0621. The van der Waals surface area contributed by atoms with Gasteiger partial charge >= 0.3 is 0 Å². The minimum Gasteiger partial charge on any atom is -0.345 e. The molecule has 57 heavy (non-hydrogen) atoms. The van der Waals surface area contributed by atoms with E-state index in [1.165, 1.54) is 5.56 Å². The number of H-pyrrole nitrogens is 2. The summed E-state index contributed by atoms with van der Waals surface area (Å²) in [5, 5.41) is 12.6. The molecule has 0 saturated carbocycles. The van der Waals surface area contributed by atoms with Crippen molar-refractivity contribution < 1.29 is 12.6 Å². The first kappa shape index (κ1) is 39.3. The molecule has 0 aliphatic rings. The summed E-state index contributed by atoms with van der Waals surface area (Å²) in [4.78, 5) is 32.7. The van der Waals surface area contributed by atoms with Gasteiger partial charge in [0.1, 0.15) is 11.3 Å². The number of pyridine rings is 2. The van der Waals surface area contributed by atoms with E-state index >= 15 is 0 Å². The Kier molecular flexibility index (Phi) is 12.3. The zero-order valence-electron chi connectivity index (χ0n) is 30.8. The van der Waals surface area contributed by atoms with Gasteiger partial charge < -0.3 is 25.9 Å². The van der Waals surface area contributed by atoms with Gasteiger partial charge in [0.05, 0.1) is 45.7 Å². The molecule has 0 bridgehead atoms. The number of benzene rings is 2. The van der Waals surface area contributed by atoms with Crippen LogP contribution in [0.4, 0.5) is 23.3 Å². The molecule has 2 aromatic carbocycles. The number of fused-ring (bicyclic) bond motifs is 2. The van der Waals surface area contributed by atoms with Crippen LogP contribution in [0.1, 0.15) is 11.1 Å². The van der Waals surface area contributed by atoms with E-state index in [-0.39, 0.29) is 6.61 Å². The molecule has 0 saturated heterocycles. The minimum atomic E-state index is -3.46. The number of nitrogens with zero attached hydrogens (tertiary/aromatic N) is 6. The second-order valence-corrected chi connectivity index (χ2v) is 15.2. The van der Waals surface area contributed by atoms with Crippen LogP contribution in [-0.2, 0) is 27.1 Å². The number of hydrogen-bond acceptors (Lipinski definition) is 12. The van der Waals surface area contributed by atoms with E-state index < -0.39 is 10.1 Å². The monoisotopic (exact) mass is 821 g/mol. The first-order chi connectivity index (χ1) is 27.6. The molecule has 8 rings (SSSR count). The third-order valence-corrected chi connectivity index (χ3v) is 9.90. The van der Waals surface area contributed by atoms with Crippen molar-refractivity contribution in [3.8, 4) is 22.5 Å². The predicted molar refractivity (Wildman–Crippen MR) is 226 cm³/mol. The number of aromatic nitrogens is 8. The average Bonchev–Trinajstić information content (AvgIpc) is 3.84. The maximum Gasteiger partial charge on any atom is 0.264 e. The average molecular weight is 823 g/mol. The quantitative estimate of drug-likeness (QED) is 0.0704. The molecule has 0 aliphatic heterocycles. The molecule has 6 heterocycles. The van der Waals surface area contributed by atoms with Crippen LogP contribution >= 0.6 is 23.2 Å². The largest absolute Gasteiger partial charge is 0.345 e. The van der Waals surface area contributed by atoms with Crippen LogP contribution in [0.3, 0.4) is 0 Å². The summed E-state index contributed by atoms with van der Waals surface area (Å²) in [6, 6.07) is 22.9. The highest BCUT2D eigenvalue weighted by molar-refractivity contribution is 7.85. The Balaban J connectivity index is 0.000000175. The van der Waals surface area contributed by atoms with Crippen molar-refractivity contribution in [3.05, 3.63) is 131 Å². The smallest absolute Gasteiger partial charge is 0.264 e. The van der Waals surface area contributed by atoms with E-state index in [1.54, 1.807) is 36.9 Å². The SMILES string of the molecule is CNCCc1ccc(Nc2nccc(-c3c[nH]c4ncccc34)n2)c(Cl)c1.CS(=O)(=O)OCCc1ccc(Nc2nccc(-c3c[nH]c4ncccc34)n2)c(Cl)c1. The van der Waals surface area contributed by atoms with Crippen molar-refractivity contribution in [1.82, 2.24) is 45.2 Å². The highest BCUT2D eigenvalue weighted by Crippen LogP contribution is 2.31. The van der Waals surface area contributed by atoms with Gasteiger partial charge in [-0.1, -0.05) is 35.3 Å². The fourth-order valence-corrected chi connectivity index (χ4v) is 6.81. The van der Waals surface area contributed by atoms with Crippen molar-refractivity contribution in [3.63, 3.8) is 0 Å². The highest BCUT2D eigenvalue weighted by atomic mass is 35.5. The number of nitrogens with one attached hydrogen (secondary N) is 5. The summed E-state index contributed by atoms with van der Waals surface area (Å²) in [7, 11) is -1.52. The van der Waals surface area contributed by atoms with Gasteiger partial charge in [-0.25, -0.2) is 29.9 Å². The van der Waals surface area contributed by atoms with Gasteiger partial charge in [0, 0.05) is 59.1 Å². The van der Waals surface area contributed by atoms with E-state index in [2.05, 4.69) is 61.9 Å². The van der Waals surface area contributed by atoms with Crippen LogP contribution in [0.25, 0.3) is 44.6 Å². The summed E-state index contributed by atoms with van der Waals surface area (Å²) in [6.07, 6.45) is 13.0. The molecule has 0 aliphatic carbocycles. The molecule has 0 spiro atoms. The van der Waals surface area contributed by atoms with Crippen LogP contribution in [0.2, 0.25) is 10.0 Å². The third kappa shape index (κ3) is 10.1. The molecule has 0 unspecified atom stereocenters. The van der Waals surface area contributed by atoms with Crippen molar-refractivity contribution in [1.29, 1.82) is 0 Å². The van der Waals surface area contributed by atoms with Gasteiger partial charge in [-0.3, -0.25) is 4.18 Å². The Morgan fingerprint density at radius 1 is 0.667 bits per heavy atom. The lowest BCUT2D eigenvalue weighted by Gasteiger charge is -2.10. The van der Waals surface area contributed by atoms with Crippen LogP contribution in [0, 0.1) is 0 Å². The number of anilines is 4. The molecule has 0 atom stereocenters. The summed E-state index contributed by atoms with van der Waals surface area (Å²) in [5.41, 5.74) is 8.56. The predicted octanol–water partition coefficient (Wildman–Crippen LogP) is 8.11. The fraction of sp³-hybridized carbons (Fsp3) is 0.150. The zero-order valence-corrected chi connectivity index (χ0v) is 33.1. The topological polar surface area (TPSA) is 188 Å². The zero-order chi connectivity index (χ0) is 39.8. The summed E-state index contributed by atoms with van der Waals surface area (Å²) in [5.74, 6) is 0.899. The van der Waals surface area contributed by atoms with Crippen molar-refractivity contribution in [2.24, 2.45) is 0 Å². The number of hydrogen-bond donors (Lipinski definition) is 5. The van der Waals surface area contributed by atoms with E-state index in [0.29, 0.717) is 34.1 Å². The Bertz CT molecular complexity index is 2760. The molecule has 8 aromatic rings. The third-order valence-electron chi connectivity index (χ3n) is 8.68. The Morgan fingerprint density at radius 3 is 1.65 bits per heavy atom. The maximum absolute atomic E-state index is 11.1. The van der Waals surface area contributed by atoms with Crippen LogP contribution < -0.4 is 16.0 Å². The lowest BCUT2D eigenvalue weighted by molar-refractivity contribution is 0.326. The highest BCUT2D eigenvalue weighted by Gasteiger charge is 2.12. The summed E-state index contributed by atoms with van der Waals surface area (Å²) in [6.45, 7) is 0.973. The second-order valence-electron chi connectivity index (χ2n) is 12.7. The number of aromatic amines is 2. The molecule has 0 amide bonds. The van der Waals surface area contributed by atoms with Gasteiger partial charge in [-0.15, -0.1) is 0 Å². The van der Waals surface area contributed by atoms with E-state index in [9.17, 15) is 8.42 Å². The first-order valence-electron chi connectivity index (χ1n) is 17.7. The van der Waals surface area contributed by atoms with Gasteiger partial charge in [0.2, 0.25) is 11.9 Å². The van der Waals surface area contributed by atoms with Crippen LogP contribution in [-0.4, -0.2) is 74.7 Å². The van der Waals surface area contributed by atoms with Gasteiger partial charge in [0.15, 0.2) is 0 Å². The fourth-order valence-electron chi connectivity index (χ4n) is 5.93. The number of halogens is 2. The normalized spacial score (nSPS) is 11.4. The molecule has 17 heteroatoms. The molecular formula is C40H37Cl2N11O3S. The second kappa shape index (κ2) is 17.9. The lowest BCUT2D eigenvalue weighted by Crippen LogP contribution is -2.10. The van der Waals surface area contributed by atoms with E-state index in [0.717, 1.165) is 75.1 Å². The van der Waals surface area contributed by atoms with E-state index in [4.69, 9.17) is 27.4 Å². The number of likely N-dealkylation sites (N-methyl/N-ethyl adjacent to an activating group) is 1. The molecule has 6 aromatic heterocycles. The Morgan fingerprint density at radius 2 is 1.18 bits per heavy atom. The number of rotatable bonds is 13. The molecule has 14 nitrogen and oxygen atoms in total. The molecule has 0 radical (unpaired) electrons. The molecule has 290 valence electrons. The molecule has 0 fully saturated rings. The van der Waals surface area contributed by atoms with Gasteiger partial charge in [0.25, 0.3) is 10.1 Å². The van der Waals surface area contributed by atoms with Crippen molar-refractivity contribution in [2.45, 2.75) is 12.8 Å². The maximum atomic E-state index is 11.1. The summed E-state index contributed by atoms with van der Waals surface area (Å²) >= 11 is 12.8. The molecule has 5 N–H and O–H groups in total. The van der Waals surface area contributed by atoms with Crippen LogP contribution in [0.15, 0.2) is 110 Å². The van der Waals surface area contributed by atoms with Crippen LogP contribution in [0.5, 0.6) is 0 Å². The molecular weight excluding hydrogens is 785 g/mol. The van der Waals surface area contributed by atoms with Crippen molar-refractivity contribution in [2.75, 3.05) is 37.1 Å². The first-order valence-corrected chi connectivity index (χ1v) is 20.3. The lowest BCUT2D eigenvalue weighted by atomic mass is 10.1. The summed E-state index contributed by atoms with van der Waals surface area (Å²) < 4.78 is 26.9. The van der Waals surface area contributed by atoms with Gasteiger partial charge in [-0.05, 0) is 98.2 Å².